The number of benzene rings is 1. The van der Waals surface area contributed by atoms with Gasteiger partial charge in [-0.05, 0) is 35.2 Å². The minimum absolute atomic E-state index is 0.110. The maximum Gasteiger partial charge on any atom is 0.277 e. The molecule has 0 unspecified atom stereocenters. The van der Waals surface area contributed by atoms with Gasteiger partial charge in [-0.25, -0.2) is 4.99 Å². The van der Waals surface area contributed by atoms with Gasteiger partial charge in [0, 0.05) is 7.05 Å². The first-order valence-electron chi connectivity index (χ1n) is 6.74. The predicted molar refractivity (Wildman–Crippen MR) is 84.2 cm³/mol. The van der Waals surface area contributed by atoms with Crippen molar-refractivity contribution in [3.05, 3.63) is 51.8 Å². The van der Waals surface area contributed by atoms with Gasteiger partial charge in [0.25, 0.3) is 5.91 Å². The van der Waals surface area contributed by atoms with Gasteiger partial charge < -0.3 is 9.47 Å². The van der Waals surface area contributed by atoms with Crippen molar-refractivity contribution in [3.63, 3.8) is 0 Å². The minimum atomic E-state index is -0.110. The maximum absolute atomic E-state index is 12.3. The number of carbonyl (C=O) groups excluding carboxylic acids is 1. The van der Waals surface area contributed by atoms with Crippen molar-refractivity contribution in [1.82, 2.24) is 4.90 Å². The molecule has 0 spiro atoms. The standard InChI is InChI=1S/C16H12N2O3S/c1-18-15(14-3-2-6-22-14)17-11(16(18)19)7-10-4-5-12-13(8-10)21-9-20-12/h2-8H,9H2,1H3/b11-7-. The number of hydrogen-bond donors (Lipinski definition) is 0. The van der Waals surface area contributed by atoms with Crippen LogP contribution in [0.15, 0.2) is 46.4 Å². The van der Waals surface area contributed by atoms with E-state index in [4.69, 9.17) is 9.47 Å². The number of thiophene rings is 1. The summed E-state index contributed by atoms with van der Waals surface area (Å²) in [6, 6.07) is 9.46. The number of hydrogen-bond acceptors (Lipinski definition) is 5. The normalized spacial score (nSPS) is 18.2. The third kappa shape index (κ3) is 2.08. The van der Waals surface area contributed by atoms with Crippen molar-refractivity contribution in [2.45, 2.75) is 0 Å². The Labute approximate surface area is 131 Å². The lowest BCUT2D eigenvalue weighted by Gasteiger charge is -2.09. The van der Waals surface area contributed by atoms with Crippen LogP contribution in [0.1, 0.15) is 10.4 Å². The van der Waals surface area contributed by atoms with Crippen LogP contribution in [-0.4, -0.2) is 30.5 Å². The van der Waals surface area contributed by atoms with Crippen LogP contribution in [0.25, 0.3) is 6.08 Å². The zero-order valence-electron chi connectivity index (χ0n) is 11.8. The highest BCUT2D eigenvalue weighted by molar-refractivity contribution is 7.12. The molecule has 3 heterocycles. The summed E-state index contributed by atoms with van der Waals surface area (Å²) in [4.78, 5) is 19.4. The van der Waals surface area contributed by atoms with Crippen molar-refractivity contribution in [2.24, 2.45) is 4.99 Å². The molecule has 110 valence electrons. The van der Waals surface area contributed by atoms with Crippen molar-refractivity contribution >= 4 is 29.2 Å². The number of rotatable bonds is 2. The fourth-order valence-corrected chi connectivity index (χ4v) is 3.13. The lowest BCUT2D eigenvalue weighted by atomic mass is 10.1. The monoisotopic (exact) mass is 312 g/mol. The highest BCUT2D eigenvalue weighted by atomic mass is 32.1. The minimum Gasteiger partial charge on any atom is -0.454 e. The predicted octanol–water partition coefficient (Wildman–Crippen LogP) is 2.74. The second-order valence-electron chi connectivity index (χ2n) is 4.92. The van der Waals surface area contributed by atoms with Crippen LogP contribution in [0, 0.1) is 0 Å². The average molecular weight is 312 g/mol. The lowest BCUT2D eigenvalue weighted by molar-refractivity contribution is -0.121. The van der Waals surface area contributed by atoms with Gasteiger partial charge >= 0.3 is 0 Å². The van der Waals surface area contributed by atoms with Gasteiger partial charge in [-0.2, -0.15) is 0 Å². The summed E-state index contributed by atoms with van der Waals surface area (Å²) < 4.78 is 10.6. The van der Waals surface area contributed by atoms with E-state index in [1.165, 1.54) is 0 Å². The van der Waals surface area contributed by atoms with E-state index < -0.39 is 0 Å². The Morgan fingerprint density at radius 2 is 2.14 bits per heavy atom. The summed E-state index contributed by atoms with van der Waals surface area (Å²) in [5.41, 5.74) is 1.28. The molecule has 22 heavy (non-hydrogen) atoms. The molecule has 2 aromatic rings. The zero-order valence-corrected chi connectivity index (χ0v) is 12.6. The molecule has 4 rings (SSSR count). The molecule has 6 heteroatoms. The third-order valence-corrected chi connectivity index (χ3v) is 4.38. The average Bonchev–Trinajstić information content (AvgIpc) is 3.24. The van der Waals surface area contributed by atoms with Gasteiger partial charge in [-0.1, -0.05) is 12.1 Å². The van der Waals surface area contributed by atoms with E-state index in [1.54, 1.807) is 29.4 Å². The Morgan fingerprint density at radius 1 is 1.27 bits per heavy atom. The van der Waals surface area contributed by atoms with Gasteiger partial charge in [-0.15, -0.1) is 11.3 Å². The fraction of sp³-hybridized carbons (Fsp3) is 0.125. The van der Waals surface area contributed by atoms with E-state index in [2.05, 4.69) is 4.99 Å². The van der Waals surface area contributed by atoms with Crippen molar-refractivity contribution in [2.75, 3.05) is 13.8 Å². The van der Waals surface area contributed by atoms with Crippen LogP contribution in [0.4, 0.5) is 0 Å². The van der Waals surface area contributed by atoms with E-state index in [1.807, 2.05) is 35.7 Å². The number of amidine groups is 1. The van der Waals surface area contributed by atoms with E-state index in [-0.39, 0.29) is 12.7 Å². The SMILES string of the molecule is CN1C(=O)/C(=C/c2ccc3c(c2)OCO3)N=C1c1cccs1. The van der Waals surface area contributed by atoms with E-state index >= 15 is 0 Å². The molecule has 0 radical (unpaired) electrons. The van der Waals surface area contributed by atoms with Gasteiger partial charge in [0.1, 0.15) is 5.70 Å². The zero-order chi connectivity index (χ0) is 15.1. The van der Waals surface area contributed by atoms with Gasteiger partial charge in [0.15, 0.2) is 17.3 Å². The van der Waals surface area contributed by atoms with E-state index in [0.717, 1.165) is 16.2 Å². The molecule has 0 saturated heterocycles. The quantitative estimate of drug-likeness (QED) is 0.801. The van der Waals surface area contributed by atoms with Crippen LogP contribution in [0.3, 0.4) is 0 Å². The van der Waals surface area contributed by atoms with E-state index in [0.29, 0.717) is 17.3 Å². The largest absolute Gasteiger partial charge is 0.454 e. The van der Waals surface area contributed by atoms with Gasteiger partial charge in [0.05, 0.1) is 4.88 Å². The van der Waals surface area contributed by atoms with Gasteiger partial charge in [-0.3, -0.25) is 9.69 Å². The lowest BCUT2D eigenvalue weighted by Crippen LogP contribution is -2.27. The van der Waals surface area contributed by atoms with Crippen LogP contribution < -0.4 is 9.47 Å². The molecule has 0 atom stereocenters. The summed E-state index contributed by atoms with van der Waals surface area (Å²) in [5, 5.41) is 1.97. The highest BCUT2D eigenvalue weighted by Gasteiger charge is 2.28. The first-order valence-corrected chi connectivity index (χ1v) is 7.62. The summed E-state index contributed by atoms with van der Waals surface area (Å²) in [6.45, 7) is 0.234. The molecule has 0 N–H and O–H groups in total. The molecular weight excluding hydrogens is 300 g/mol. The Hall–Kier alpha value is -2.60. The van der Waals surface area contributed by atoms with Crippen LogP contribution in [0.5, 0.6) is 11.5 Å². The number of amides is 1. The molecule has 2 aliphatic rings. The van der Waals surface area contributed by atoms with Crippen molar-refractivity contribution < 1.29 is 14.3 Å². The Bertz CT molecular complexity index is 809. The molecule has 1 amide bonds. The molecule has 0 saturated carbocycles. The second-order valence-corrected chi connectivity index (χ2v) is 5.87. The molecule has 5 nitrogen and oxygen atoms in total. The Kier molecular flexibility index (Phi) is 2.97. The molecular formula is C16H12N2O3S. The Balaban J connectivity index is 1.71. The van der Waals surface area contributed by atoms with Crippen LogP contribution >= 0.6 is 11.3 Å². The maximum atomic E-state index is 12.3. The first kappa shape index (κ1) is 13.1. The summed E-state index contributed by atoms with van der Waals surface area (Å²) in [7, 11) is 1.74. The molecule has 0 fully saturated rings. The molecule has 1 aromatic heterocycles. The smallest absolute Gasteiger partial charge is 0.277 e. The second kappa shape index (κ2) is 4.99. The first-order chi connectivity index (χ1) is 10.7. The van der Waals surface area contributed by atoms with E-state index in [9.17, 15) is 4.79 Å². The Morgan fingerprint density at radius 3 is 2.95 bits per heavy atom. The molecule has 1 aromatic carbocycles. The van der Waals surface area contributed by atoms with Crippen molar-refractivity contribution in [3.8, 4) is 11.5 Å². The summed E-state index contributed by atoms with van der Waals surface area (Å²) >= 11 is 1.56. The summed E-state index contributed by atoms with van der Waals surface area (Å²) in [5.74, 6) is 1.99. The number of carbonyl (C=O) groups is 1. The number of likely N-dealkylation sites (N-methyl/N-ethyl adjacent to an activating group) is 1. The van der Waals surface area contributed by atoms with Crippen LogP contribution in [-0.2, 0) is 4.79 Å². The number of ether oxygens (including phenoxy) is 2. The van der Waals surface area contributed by atoms with Crippen molar-refractivity contribution in [1.29, 1.82) is 0 Å². The number of nitrogens with zero attached hydrogens (tertiary/aromatic N) is 2. The number of aliphatic imine (C=N–C) groups is 1. The highest BCUT2D eigenvalue weighted by Crippen LogP contribution is 2.33. The fourth-order valence-electron chi connectivity index (χ4n) is 2.39. The number of fused-ring (bicyclic) bond motifs is 1. The van der Waals surface area contributed by atoms with Gasteiger partial charge in [0.2, 0.25) is 6.79 Å². The molecule has 0 aliphatic carbocycles. The molecule has 2 aliphatic heterocycles. The topological polar surface area (TPSA) is 51.1 Å². The third-order valence-electron chi connectivity index (χ3n) is 3.51. The van der Waals surface area contributed by atoms with Crippen LogP contribution in [0.2, 0.25) is 0 Å². The summed E-state index contributed by atoms with van der Waals surface area (Å²) in [6.07, 6.45) is 1.77. The molecule has 0 bridgehead atoms.